The highest BCUT2D eigenvalue weighted by molar-refractivity contribution is 5.93. The summed E-state index contributed by atoms with van der Waals surface area (Å²) >= 11 is 0. The van der Waals surface area contributed by atoms with Crippen LogP contribution in [0.15, 0.2) is 24.3 Å². The Balaban J connectivity index is 2.07. The van der Waals surface area contributed by atoms with Crippen molar-refractivity contribution in [2.24, 2.45) is 11.5 Å². The SMILES string of the molecule is NC(=O)CCC1CCC(C(N)=O)c2c1[nH]c1ccccc21. The summed E-state index contributed by atoms with van der Waals surface area (Å²) in [5.74, 6) is -0.587. The van der Waals surface area contributed by atoms with Gasteiger partial charge in [0.1, 0.15) is 0 Å². The molecule has 1 aromatic heterocycles. The fourth-order valence-electron chi connectivity index (χ4n) is 3.43. The third kappa shape index (κ3) is 2.39. The molecule has 3 rings (SSSR count). The second-order valence-corrected chi connectivity index (χ2v) is 5.73. The molecule has 5 nitrogen and oxygen atoms in total. The second kappa shape index (κ2) is 5.24. The van der Waals surface area contributed by atoms with Crippen LogP contribution >= 0.6 is 0 Å². The van der Waals surface area contributed by atoms with Crippen LogP contribution in [0.5, 0.6) is 0 Å². The number of carbonyl (C=O) groups is 2. The van der Waals surface area contributed by atoms with Gasteiger partial charge in [0.05, 0.1) is 5.92 Å². The zero-order chi connectivity index (χ0) is 15.0. The second-order valence-electron chi connectivity index (χ2n) is 5.73. The number of fused-ring (bicyclic) bond motifs is 3. The standard InChI is InChI=1S/C16H19N3O2/c17-13(20)8-6-9-5-7-11(16(18)21)14-10-3-1-2-4-12(10)19-15(9)14/h1-4,9,11,19H,5-8H2,(H2,17,20)(H2,18,21). The number of carbonyl (C=O) groups excluding carboxylic acids is 2. The van der Waals surface area contributed by atoms with Crippen LogP contribution in [0.3, 0.4) is 0 Å². The molecule has 1 heterocycles. The van der Waals surface area contributed by atoms with Gasteiger partial charge < -0.3 is 16.5 Å². The lowest BCUT2D eigenvalue weighted by atomic mass is 9.77. The molecule has 0 spiro atoms. The molecule has 1 aliphatic rings. The van der Waals surface area contributed by atoms with Gasteiger partial charge in [0, 0.05) is 23.0 Å². The number of H-pyrrole nitrogens is 1. The summed E-state index contributed by atoms with van der Waals surface area (Å²) in [6, 6.07) is 7.93. The number of hydrogen-bond acceptors (Lipinski definition) is 2. The number of hydrogen-bond donors (Lipinski definition) is 3. The summed E-state index contributed by atoms with van der Waals surface area (Å²) in [6.07, 6.45) is 2.65. The summed E-state index contributed by atoms with van der Waals surface area (Å²) in [4.78, 5) is 26.2. The summed E-state index contributed by atoms with van der Waals surface area (Å²) in [5.41, 5.74) is 13.9. The molecule has 1 aliphatic carbocycles. The van der Waals surface area contributed by atoms with Crippen molar-refractivity contribution in [1.29, 1.82) is 0 Å². The van der Waals surface area contributed by atoms with Crippen LogP contribution in [0.4, 0.5) is 0 Å². The molecule has 5 N–H and O–H groups in total. The van der Waals surface area contributed by atoms with E-state index in [0.717, 1.165) is 35.0 Å². The molecular weight excluding hydrogens is 266 g/mol. The lowest BCUT2D eigenvalue weighted by molar-refractivity contribution is -0.120. The molecule has 0 saturated heterocycles. The van der Waals surface area contributed by atoms with Crippen molar-refractivity contribution in [3.8, 4) is 0 Å². The maximum Gasteiger partial charge on any atom is 0.225 e. The van der Waals surface area contributed by atoms with Gasteiger partial charge in [0.15, 0.2) is 0 Å². The molecule has 2 unspecified atom stereocenters. The molecule has 0 radical (unpaired) electrons. The van der Waals surface area contributed by atoms with Crippen LogP contribution in [0, 0.1) is 0 Å². The third-order valence-electron chi connectivity index (χ3n) is 4.42. The van der Waals surface area contributed by atoms with E-state index in [1.54, 1.807) is 0 Å². The van der Waals surface area contributed by atoms with Gasteiger partial charge in [0.25, 0.3) is 0 Å². The molecule has 0 bridgehead atoms. The Bertz CT molecular complexity index is 705. The van der Waals surface area contributed by atoms with Crippen molar-refractivity contribution in [3.05, 3.63) is 35.5 Å². The van der Waals surface area contributed by atoms with Crippen molar-refractivity contribution >= 4 is 22.7 Å². The lowest BCUT2D eigenvalue weighted by Gasteiger charge is -2.27. The van der Waals surface area contributed by atoms with Gasteiger partial charge in [0.2, 0.25) is 11.8 Å². The highest BCUT2D eigenvalue weighted by atomic mass is 16.1. The van der Waals surface area contributed by atoms with Crippen LogP contribution in [0.2, 0.25) is 0 Å². The van der Waals surface area contributed by atoms with E-state index in [9.17, 15) is 9.59 Å². The third-order valence-corrected chi connectivity index (χ3v) is 4.42. The first-order valence-electron chi connectivity index (χ1n) is 7.26. The van der Waals surface area contributed by atoms with Gasteiger partial charge in [-0.05, 0) is 36.8 Å². The normalized spacial score (nSPS) is 21.1. The number of rotatable bonds is 4. The number of aromatic nitrogens is 1. The maximum absolute atomic E-state index is 11.8. The van der Waals surface area contributed by atoms with Crippen LogP contribution in [0.25, 0.3) is 10.9 Å². The predicted octanol–water partition coefficient (Wildman–Crippen LogP) is 1.88. The minimum Gasteiger partial charge on any atom is -0.370 e. The molecule has 0 saturated carbocycles. The van der Waals surface area contributed by atoms with E-state index in [0.29, 0.717) is 12.8 Å². The van der Waals surface area contributed by atoms with Gasteiger partial charge in [-0.1, -0.05) is 18.2 Å². The Morgan fingerprint density at radius 1 is 1.19 bits per heavy atom. The van der Waals surface area contributed by atoms with E-state index in [1.807, 2.05) is 24.3 Å². The molecular formula is C16H19N3O2. The summed E-state index contributed by atoms with van der Waals surface area (Å²) in [7, 11) is 0. The molecule has 5 heteroatoms. The monoisotopic (exact) mass is 285 g/mol. The number of aromatic amines is 1. The summed E-state index contributed by atoms with van der Waals surface area (Å²) < 4.78 is 0. The zero-order valence-electron chi connectivity index (χ0n) is 11.8. The molecule has 2 amide bonds. The fourth-order valence-corrected chi connectivity index (χ4v) is 3.43. The molecule has 0 aliphatic heterocycles. The van der Waals surface area contributed by atoms with Crippen molar-refractivity contribution in [2.75, 3.05) is 0 Å². The summed E-state index contributed by atoms with van der Waals surface area (Å²) in [5, 5.41) is 1.06. The van der Waals surface area contributed by atoms with Gasteiger partial charge in [-0.2, -0.15) is 0 Å². The molecule has 21 heavy (non-hydrogen) atoms. The molecule has 1 aromatic carbocycles. The molecule has 0 fully saturated rings. The average Bonchev–Trinajstić information content (AvgIpc) is 2.84. The Labute approximate surface area is 122 Å². The van der Waals surface area contributed by atoms with Crippen LogP contribution in [-0.2, 0) is 9.59 Å². The first-order chi connectivity index (χ1) is 10.1. The van der Waals surface area contributed by atoms with E-state index in [4.69, 9.17) is 11.5 Å². The first kappa shape index (κ1) is 13.7. The van der Waals surface area contributed by atoms with E-state index in [1.165, 1.54) is 0 Å². The zero-order valence-corrected chi connectivity index (χ0v) is 11.8. The molecule has 2 aromatic rings. The lowest BCUT2D eigenvalue weighted by Crippen LogP contribution is -2.26. The van der Waals surface area contributed by atoms with Gasteiger partial charge in [-0.25, -0.2) is 0 Å². The Hall–Kier alpha value is -2.30. The van der Waals surface area contributed by atoms with E-state index in [-0.39, 0.29) is 23.7 Å². The maximum atomic E-state index is 11.8. The van der Waals surface area contributed by atoms with E-state index in [2.05, 4.69) is 4.98 Å². The Kier molecular flexibility index (Phi) is 3.41. The number of para-hydroxylation sites is 1. The van der Waals surface area contributed by atoms with Crippen LogP contribution < -0.4 is 11.5 Å². The van der Waals surface area contributed by atoms with Crippen LogP contribution in [0.1, 0.15) is 48.8 Å². The predicted molar refractivity (Wildman–Crippen MR) is 80.6 cm³/mol. The number of nitrogens with one attached hydrogen (secondary N) is 1. The highest BCUT2D eigenvalue weighted by Gasteiger charge is 2.33. The molecule has 110 valence electrons. The Morgan fingerprint density at radius 2 is 1.95 bits per heavy atom. The van der Waals surface area contributed by atoms with Crippen molar-refractivity contribution in [2.45, 2.75) is 37.5 Å². The number of primary amides is 2. The Morgan fingerprint density at radius 3 is 2.67 bits per heavy atom. The minimum absolute atomic E-state index is 0.232. The quantitative estimate of drug-likeness (QED) is 0.798. The largest absolute Gasteiger partial charge is 0.370 e. The fraction of sp³-hybridized carbons (Fsp3) is 0.375. The topological polar surface area (TPSA) is 102 Å². The van der Waals surface area contributed by atoms with Crippen molar-refractivity contribution < 1.29 is 9.59 Å². The smallest absolute Gasteiger partial charge is 0.225 e. The van der Waals surface area contributed by atoms with Gasteiger partial charge in [-0.3, -0.25) is 9.59 Å². The first-order valence-corrected chi connectivity index (χ1v) is 7.26. The van der Waals surface area contributed by atoms with E-state index < -0.39 is 0 Å². The highest BCUT2D eigenvalue weighted by Crippen LogP contribution is 2.44. The molecule has 2 atom stereocenters. The average molecular weight is 285 g/mol. The van der Waals surface area contributed by atoms with Gasteiger partial charge >= 0.3 is 0 Å². The van der Waals surface area contributed by atoms with Crippen molar-refractivity contribution in [1.82, 2.24) is 4.98 Å². The number of nitrogens with two attached hydrogens (primary N) is 2. The minimum atomic E-state index is -0.287. The van der Waals surface area contributed by atoms with Gasteiger partial charge in [-0.15, -0.1) is 0 Å². The van der Waals surface area contributed by atoms with Crippen LogP contribution in [-0.4, -0.2) is 16.8 Å². The summed E-state index contributed by atoms with van der Waals surface area (Å²) in [6.45, 7) is 0. The van der Waals surface area contributed by atoms with E-state index >= 15 is 0 Å². The number of amides is 2. The number of benzene rings is 1. The van der Waals surface area contributed by atoms with Crippen molar-refractivity contribution in [3.63, 3.8) is 0 Å².